The Labute approximate surface area is 176 Å². The van der Waals surface area contributed by atoms with Gasteiger partial charge in [0.25, 0.3) is 0 Å². The summed E-state index contributed by atoms with van der Waals surface area (Å²) in [5, 5.41) is 7.10. The lowest BCUT2D eigenvalue weighted by molar-refractivity contribution is -0.0190. The Bertz CT molecular complexity index is 1060. The Hall–Kier alpha value is -3.47. The van der Waals surface area contributed by atoms with Crippen LogP contribution in [0, 0.1) is 0 Å². The van der Waals surface area contributed by atoms with Crippen LogP contribution in [-0.4, -0.2) is 24.4 Å². The summed E-state index contributed by atoms with van der Waals surface area (Å²) in [6, 6.07) is 24.6. The number of nitrogens with zero attached hydrogens (tertiary/aromatic N) is 2. The van der Waals surface area contributed by atoms with Crippen molar-refractivity contribution in [3.05, 3.63) is 89.5 Å². The molecule has 3 aromatic carbocycles. The topological polar surface area (TPSA) is 43.3 Å². The summed E-state index contributed by atoms with van der Waals surface area (Å²) in [5.41, 5.74) is 4.39. The van der Waals surface area contributed by atoms with Gasteiger partial charge >= 0.3 is 0 Å². The zero-order chi connectivity index (χ0) is 20.5. The van der Waals surface area contributed by atoms with Crippen LogP contribution in [0.5, 0.6) is 17.2 Å². The molecule has 5 heteroatoms. The molecule has 0 amide bonds. The highest BCUT2D eigenvalue weighted by atomic mass is 16.5. The number of ether oxygens (including phenoxy) is 3. The van der Waals surface area contributed by atoms with Gasteiger partial charge in [-0.2, -0.15) is 5.10 Å². The number of benzene rings is 3. The molecule has 2 atom stereocenters. The molecule has 0 radical (unpaired) electrons. The monoisotopic (exact) mass is 400 g/mol. The number of methoxy groups -OCH3 is 1. The van der Waals surface area contributed by atoms with Gasteiger partial charge in [-0.25, -0.2) is 5.01 Å². The average molecular weight is 400 g/mol. The third-order valence-electron chi connectivity index (χ3n) is 5.60. The maximum absolute atomic E-state index is 6.41. The van der Waals surface area contributed by atoms with Crippen LogP contribution in [0.2, 0.25) is 0 Å². The van der Waals surface area contributed by atoms with Gasteiger partial charge in [0.1, 0.15) is 17.2 Å². The zero-order valence-electron chi connectivity index (χ0n) is 17.1. The summed E-state index contributed by atoms with van der Waals surface area (Å²) < 4.78 is 17.3. The van der Waals surface area contributed by atoms with Crippen molar-refractivity contribution in [2.75, 3.05) is 13.7 Å². The Morgan fingerprint density at radius 1 is 0.967 bits per heavy atom. The highest BCUT2D eigenvalue weighted by Gasteiger charge is 2.40. The predicted octanol–water partition coefficient (Wildman–Crippen LogP) is 5.34. The lowest BCUT2D eigenvalue weighted by Crippen LogP contribution is -2.33. The summed E-state index contributed by atoms with van der Waals surface area (Å²) >= 11 is 0. The van der Waals surface area contributed by atoms with Crippen LogP contribution in [0.25, 0.3) is 0 Å². The Balaban J connectivity index is 1.52. The van der Waals surface area contributed by atoms with E-state index in [1.165, 1.54) is 5.56 Å². The summed E-state index contributed by atoms with van der Waals surface area (Å²) in [6.45, 7) is 2.63. The van der Waals surface area contributed by atoms with Crippen molar-refractivity contribution in [1.82, 2.24) is 5.01 Å². The van der Waals surface area contributed by atoms with E-state index < -0.39 is 0 Å². The van der Waals surface area contributed by atoms with Gasteiger partial charge in [0.05, 0.1) is 25.5 Å². The lowest BCUT2D eigenvalue weighted by atomic mass is 9.96. The van der Waals surface area contributed by atoms with Gasteiger partial charge in [-0.05, 0) is 67.1 Å². The molecule has 0 aliphatic carbocycles. The number of fused-ring (bicyclic) bond motifs is 3. The van der Waals surface area contributed by atoms with E-state index >= 15 is 0 Å². The van der Waals surface area contributed by atoms with Gasteiger partial charge in [-0.15, -0.1) is 0 Å². The first-order chi connectivity index (χ1) is 14.8. The molecular weight excluding hydrogens is 376 g/mol. The standard InChI is InChI=1S/C25H24N2O3/c1-3-29-20-14-10-18(11-15-20)25-27-23(21-6-4-5-7-24(21)30-25)16-22(26-27)17-8-12-19(28-2)13-9-17/h4-15,23,25H,3,16H2,1-2H3/t23-,25+/m0/s1. The number of hydrogen-bond donors (Lipinski definition) is 0. The predicted molar refractivity (Wildman–Crippen MR) is 116 cm³/mol. The highest BCUT2D eigenvalue weighted by molar-refractivity contribution is 6.02. The van der Waals surface area contributed by atoms with Crippen LogP contribution in [0.3, 0.4) is 0 Å². The minimum Gasteiger partial charge on any atom is -0.497 e. The van der Waals surface area contributed by atoms with E-state index in [-0.39, 0.29) is 12.3 Å². The van der Waals surface area contributed by atoms with Crippen molar-refractivity contribution in [3.63, 3.8) is 0 Å². The van der Waals surface area contributed by atoms with E-state index in [1.54, 1.807) is 7.11 Å². The van der Waals surface area contributed by atoms with Crippen LogP contribution in [-0.2, 0) is 0 Å². The van der Waals surface area contributed by atoms with Gasteiger partial charge in [-0.3, -0.25) is 0 Å². The molecule has 2 aliphatic heterocycles. The van der Waals surface area contributed by atoms with Crippen molar-refractivity contribution in [3.8, 4) is 17.2 Å². The van der Waals surface area contributed by atoms with Gasteiger partial charge in [-0.1, -0.05) is 18.2 Å². The quantitative estimate of drug-likeness (QED) is 0.580. The van der Waals surface area contributed by atoms with E-state index in [1.807, 2.05) is 43.3 Å². The molecule has 5 rings (SSSR count). The average Bonchev–Trinajstić information content (AvgIpc) is 3.25. The van der Waals surface area contributed by atoms with Crippen LogP contribution in [0.1, 0.15) is 42.3 Å². The van der Waals surface area contributed by atoms with E-state index in [4.69, 9.17) is 19.3 Å². The van der Waals surface area contributed by atoms with Crippen molar-refractivity contribution in [2.24, 2.45) is 5.10 Å². The van der Waals surface area contributed by atoms with Crippen LogP contribution >= 0.6 is 0 Å². The van der Waals surface area contributed by atoms with Crippen molar-refractivity contribution < 1.29 is 14.2 Å². The second-order valence-electron chi connectivity index (χ2n) is 7.39. The first kappa shape index (κ1) is 18.6. The molecule has 5 nitrogen and oxygen atoms in total. The minimum absolute atomic E-state index is 0.142. The maximum atomic E-state index is 6.41. The minimum atomic E-state index is -0.281. The molecule has 0 unspecified atom stereocenters. The molecule has 0 saturated heterocycles. The number of rotatable bonds is 5. The normalized spacial score (nSPS) is 19.4. The smallest absolute Gasteiger partial charge is 0.213 e. The van der Waals surface area contributed by atoms with E-state index in [9.17, 15) is 0 Å². The van der Waals surface area contributed by atoms with Crippen LogP contribution in [0.4, 0.5) is 0 Å². The Morgan fingerprint density at radius 3 is 2.43 bits per heavy atom. The van der Waals surface area contributed by atoms with Gasteiger partial charge in [0, 0.05) is 17.5 Å². The second-order valence-corrected chi connectivity index (χ2v) is 7.39. The Kier molecular flexibility index (Phi) is 4.79. The number of hydrogen-bond acceptors (Lipinski definition) is 5. The van der Waals surface area contributed by atoms with E-state index in [0.717, 1.165) is 40.5 Å². The molecular formula is C25H24N2O3. The molecule has 0 aromatic heterocycles. The second kappa shape index (κ2) is 7.75. The molecule has 0 N–H and O–H groups in total. The Morgan fingerprint density at radius 2 is 1.70 bits per heavy atom. The van der Waals surface area contributed by atoms with Crippen LogP contribution < -0.4 is 14.2 Å². The van der Waals surface area contributed by atoms with Crippen molar-refractivity contribution in [2.45, 2.75) is 25.6 Å². The fourth-order valence-corrected chi connectivity index (χ4v) is 4.11. The lowest BCUT2D eigenvalue weighted by Gasteiger charge is -2.38. The van der Waals surface area contributed by atoms with Crippen molar-refractivity contribution >= 4 is 5.71 Å². The molecule has 0 fully saturated rings. The number of hydrazone groups is 1. The third-order valence-corrected chi connectivity index (χ3v) is 5.60. The molecule has 0 spiro atoms. The molecule has 0 bridgehead atoms. The molecule has 2 heterocycles. The molecule has 30 heavy (non-hydrogen) atoms. The largest absolute Gasteiger partial charge is 0.497 e. The SMILES string of the molecule is CCOc1ccc([C@H]2Oc3ccccc3[C@@H]3CC(c4ccc(OC)cc4)=NN23)cc1. The fourth-order valence-electron chi connectivity index (χ4n) is 4.11. The van der Waals surface area contributed by atoms with Crippen molar-refractivity contribution in [1.29, 1.82) is 0 Å². The molecule has 2 aliphatic rings. The van der Waals surface area contributed by atoms with Gasteiger partial charge < -0.3 is 14.2 Å². The summed E-state index contributed by atoms with van der Waals surface area (Å²) in [7, 11) is 1.68. The highest BCUT2D eigenvalue weighted by Crippen LogP contribution is 2.47. The van der Waals surface area contributed by atoms with Gasteiger partial charge in [0.15, 0.2) is 0 Å². The van der Waals surface area contributed by atoms with Crippen LogP contribution in [0.15, 0.2) is 77.9 Å². The van der Waals surface area contributed by atoms with E-state index in [0.29, 0.717) is 6.61 Å². The number of para-hydroxylation sites is 1. The third kappa shape index (κ3) is 3.26. The first-order valence-corrected chi connectivity index (χ1v) is 10.3. The first-order valence-electron chi connectivity index (χ1n) is 10.3. The molecule has 0 saturated carbocycles. The zero-order valence-corrected chi connectivity index (χ0v) is 17.1. The summed E-state index contributed by atoms with van der Waals surface area (Å²) in [4.78, 5) is 0. The molecule has 152 valence electrons. The summed E-state index contributed by atoms with van der Waals surface area (Å²) in [6.07, 6.45) is 0.552. The summed E-state index contributed by atoms with van der Waals surface area (Å²) in [5.74, 6) is 2.62. The maximum Gasteiger partial charge on any atom is 0.213 e. The fraction of sp³-hybridized carbons (Fsp3) is 0.240. The van der Waals surface area contributed by atoms with Gasteiger partial charge in [0.2, 0.25) is 6.23 Å². The van der Waals surface area contributed by atoms with E-state index in [2.05, 4.69) is 41.4 Å². The molecule has 3 aromatic rings.